The molecule has 0 fully saturated rings. The summed E-state index contributed by atoms with van der Waals surface area (Å²) in [6, 6.07) is 0. The summed E-state index contributed by atoms with van der Waals surface area (Å²) in [6.45, 7) is 3.33. The van der Waals surface area contributed by atoms with Crippen LogP contribution in [0.4, 0.5) is 0 Å². The Morgan fingerprint density at radius 3 is 2.33 bits per heavy atom. The van der Waals surface area contributed by atoms with Gasteiger partial charge in [0.1, 0.15) is 0 Å². The van der Waals surface area contributed by atoms with E-state index in [1.54, 1.807) is 13.8 Å². The molecule has 0 radical (unpaired) electrons. The van der Waals surface area contributed by atoms with Gasteiger partial charge in [-0.15, -0.1) is 5.92 Å². The Balaban J connectivity index is 4.08. The van der Waals surface area contributed by atoms with Crippen LogP contribution in [0.25, 0.3) is 0 Å². The largest absolute Gasteiger partial charge is 0.462 e. The predicted molar refractivity (Wildman–Crippen MR) is 52.0 cm³/mol. The maximum Gasteiger partial charge on any atom is 0.265 e. The van der Waals surface area contributed by atoms with E-state index in [0.29, 0.717) is 0 Å². The lowest BCUT2D eigenvalue weighted by molar-refractivity contribution is 0.257. The molecule has 12 heavy (non-hydrogen) atoms. The summed E-state index contributed by atoms with van der Waals surface area (Å²) in [4.78, 5) is 0. The van der Waals surface area contributed by atoms with E-state index in [2.05, 4.69) is 11.8 Å². The number of nitrogens with one attached hydrogen (secondary N) is 1. The Hall–Kier alpha value is -0.100. The zero-order valence-corrected chi connectivity index (χ0v) is 8.89. The summed E-state index contributed by atoms with van der Waals surface area (Å²) in [5, 5.41) is 7.16. The molecule has 0 aliphatic rings. The van der Waals surface area contributed by atoms with Crippen molar-refractivity contribution in [2.75, 3.05) is 0 Å². The van der Waals surface area contributed by atoms with Crippen LogP contribution in [0.5, 0.6) is 0 Å². The highest BCUT2D eigenvalue weighted by molar-refractivity contribution is 6.76. The molecule has 2 nitrogen and oxygen atoms in total. The highest BCUT2D eigenvalue weighted by Gasteiger charge is 2.29. The molecule has 1 N–H and O–H groups in total. The molecular weight excluding hydrogens is 220 g/mol. The fraction of sp³-hybridized carbons (Fsp3) is 0.571. The van der Waals surface area contributed by atoms with Gasteiger partial charge in [-0.2, -0.15) is 0 Å². The molecule has 0 spiro atoms. The molecule has 0 aromatic heterocycles. The van der Waals surface area contributed by atoms with Crippen molar-refractivity contribution in [2.24, 2.45) is 0 Å². The first kappa shape index (κ1) is 11.9. The van der Waals surface area contributed by atoms with Crippen LogP contribution in [-0.2, 0) is 4.74 Å². The normalized spacial score (nSPS) is 12.8. The molecule has 0 heterocycles. The van der Waals surface area contributed by atoms with Gasteiger partial charge in [0.2, 0.25) is 5.90 Å². The Bertz CT molecular complexity index is 223. The average molecular weight is 229 g/mol. The third kappa shape index (κ3) is 4.71. The summed E-state index contributed by atoms with van der Waals surface area (Å²) >= 11 is 16.1. The van der Waals surface area contributed by atoms with Gasteiger partial charge in [0.15, 0.2) is 6.10 Å². The van der Waals surface area contributed by atoms with E-state index in [-0.39, 0.29) is 0 Å². The zero-order valence-electron chi connectivity index (χ0n) is 6.62. The minimum Gasteiger partial charge on any atom is -0.462 e. The van der Waals surface area contributed by atoms with Crippen molar-refractivity contribution >= 4 is 40.7 Å². The van der Waals surface area contributed by atoms with Crippen molar-refractivity contribution < 1.29 is 4.74 Å². The van der Waals surface area contributed by atoms with Crippen molar-refractivity contribution in [3.05, 3.63) is 0 Å². The van der Waals surface area contributed by atoms with Crippen LogP contribution in [0.2, 0.25) is 0 Å². The van der Waals surface area contributed by atoms with Crippen LogP contribution in [-0.4, -0.2) is 15.8 Å². The molecule has 0 rings (SSSR count). The third-order valence-corrected chi connectivity index (χ3v) is 1.41. The lowest BCUT2D eigenvalue weighted by atomic mass is 10.4. The van der Waals surface area contributed by atoms with Gasteiger partial charge in [0.25, 0.3) is 3.79 Å². The van der Waals surface area contributed by atoms with Crippen LogP contribution < -0.4 is 0 Å². The number of hydrogen-bond acceptors (Lipinski definition) is 2. The van der Waals surface area contributed by atoms with Crippen molar-refractivity contribution in [1.82, 2.24) is 0 Å². The van der Waals surface area contributed by atoms with E-state index in [1.807, 2.05) is 0 Å². The van der Waals surface area contributed by atoms with Gasteiger partial charge >= 0.3 is 0 Å². The molecule has 1 unspecified atom stereocenters. The Morgan fingerprint density at radius 2 is 2.00 bits per heavy atom. The quantitative estimate of drug-likeness (QED) is 0.318. The second-order valence-corrected chi connectivity index (χ2v) is 4.26. The Kier molecular flexibility index (Phi) is 4.77. The summed E-state index contributed by atoms with van der Waals surface area (Å²) in [6.07, 6.45) is -0.432. The van der Waals surface area contributed by atoms with Crippen molar-refractivity contribution in [1.29, 1.82) is 5.41 Å². The number of alkyl halides is 3. The van der Waals surface area contributed by atoms with Crippen LogP contribution >= 0.6 is 34.8 Å². The smallest absolute Gasteiger partial charge is 0.265 e. The topological polar surface area (TPSA) is 33.1 Å². The van der Waals surface area contributed by atoms with Gasteiger partial charge < -0.3 is 4.74 Å². The summed E-state index contributed by atoms with van der Waals surface area (Å²) < 4.78 is 3.07. The van der Waals surface area contributed by atoms with Gasteiger partial charge in [-0.3, -0.25) is 5.41 Å². The van der Waals surface area contributed by atoms with Crippen LogP contribution in [0.15, 0.2) is 0 Å². The van der Waals surface area contributed by atoms with Gasteiger partial charge in [0.05, 0.1) is 0 Å². The van der Waals surface area contributed by atoms with Crippen molar-refractivity contribution in [3.63, 3.8) is 0 Å². The summed E-state index contributed by atoms with van der Waals surface area (Å²) in [5.41, 5.74) is 0. The first-order valence-corrected chi connectivity index (χ1v) is 4.26. The summed E-state index contributed by atoms with van der Waals surface area (Å²) in [5.74, 6) is 4.87. The van der Waals surface area contributed by atoms with Gasteiger partial charge in [-0.25, -0.2) is 0 Å². The van der Waals surface area contributed by atoms with Gasteiger partial charge in [-0.05, 0) is 13.8 Å². The highest BCUT2D eigenvalue weighted by atomic mass is 35.6. The molecule has 5 heteroatoms. The van der Waals surface area contributed by atoms with E-state index in [4.69, 9.17) is 44.9 Å². The maximum absolute atomic E-state index is 7.16. The second kappa shape index (κ2) is 4.81. The van der Waals surface area contributed by atoms with Crippen molar-refractivity contribution in [3.8, 4) is 11.8 Å². The number of rotatable bonds is 1. The van der Waals surface area contributed by atoms with Crippen LogP contribution in [0.1, 0.15) is 13.8 Å². The standard InChI is InChI=1S/C7H8Cl3NO/c1-3-4-5(2)12-6(11)7(8,9)10/h5,11H,1-2H3. The van der Waals surface area contributed by atoms with Gasteiger partial charge in [0, 0.05) is 0 Å². The minimum atomic E-state index is -1.80. The van der Waals surface area contributed by atoms with E-state index in [1.165, 1.54) is 0 Å². The molecule has 0 bridgehead atoms. The maximum atomic E-state index is 7.16. The predicted octanol–water partition coefficient (Wildman–Crippen LogP) is 2.76. The number of hydrogen-bond donors (Lipinski definition) is 1. The Morgan fingerprint density at radius 1 is 1.50 bits per heavy atom. The molecule has 0 aliphatic carbocycles. The van der Waals surface area contributed by atoms with Crippen LogP contribution in [0.3, 0.4) is 0 Å². The van der Waals surface area contributed by atoms with E-state index < -0.39 is 15.8 Å². The summed E-state index contributed by atoms with van der Waals surface area (Å²) in [7, 11) is 0. The van der Waals surface area contributed by atoms with Gasteiger partial charge in [-0.1, -0.05) is 40.7 Å². The molecule has 1 atom stereocenters. The number of halogens is 3. The molecular formula is C7H8Cl3NO. The minimum absolute atomic E-state index is 0.414. The van der Waals surface area contributed by atoms with Crippen LogP contribution in [0, 0.1) is 17.3 Å². The van der Waals surface area contributed by atoms with E-state index >= 15 is 0 Å². The van der Waals surface area contributed by atoms with E-state index in [9.17, 15) is 0 Å². The van der Waals surface area contributed by atoms with E-state index in [0.717, 1.165) is 0 Å². The highest BCUT2D eigenvalue weighted by Crippen LogP contribution is 2.28. The average Bonchev–Trinajstić information content (AvgIpc) is 1.85. The lowest BCUT2D eigenvalue weighted by Crippen LogP contribution is -2.24. The molecule has 0 saturated carbocycles. The molecule has 0 saturated heterocycles. The Labute approximate surface area is 86.6 Å². The second-order valence-electron chi connectivity index (χ2n) is 1.98. The zero-order chi connectivity index (χ0) is 9.78. The molecule has 0 aromatic carbocycles. The molecule has 0 aromatic rings. The molecule has 68 valence electrons. The first-order valence-electron chi connectivity index (χ1n) is 3.12. The van der Waals surface area contributed by atoms with Crippen molar-refractivity contribution in [2.45, 2.75) is 23.7 Å². The molecule has 0 amide bonds. The monoisotopic (exact) mass is 227 g/mol. The fourth-order valence-electron chi connectivity index (χ4n) is 0.476. The SMILES string of the molecule is CC#CC(C)OC(=N)C(Cl)(Cl)Cl. The lowest BCUT2D eigenvalue weighted by Gasteiger charge is -2.15. The third-order valence-electron chi connectivity index (χ3n) is 0.900. The first-order chi connectivity index (χ1) is 5.38. The molecule has 0 aliphatic heterocycles. The number of ether oxygens (including phenoxy) is 1. The fourth-order valence-corrected chi connectivity index (χ4v) is 0.610.